The first-order valence-corrected chi connectivity index (χ1v) is 15.0. The molecular formula is C33H39N3O12. The van der Waals surface area contributed by atoms with Gasteiger partial charge < -0.3 is 35.6 Å². The van der Waals surface area contributed by atoms with Gasteiger partial charge in [-0.1, -0.05) is 6.08 Å². The minimum Gasteiger partial charge on any atom is -0.510 e. The number of nitrogens with zero attached hydrogens (tertiary/aromatic N) is 2. The molecule has 0 unspecified atom stereocenters. The van der Waals surface area contributed by atoms with Gasteiger partial charge in [-0.3, -0.25) is 33.8 Å². The number of fused-ring (bicyclic) bond motifs is 3. The first-order valence-electron chi connectivity index (χ1n) is 15.0. The van der Waals surface area contributed by atoms with Crippen molar-refractivity contribution in [2.75, 3.05) is 34.0 Å². The van der Waals surface area contributed by atoms with E-state index in [4.69, 9.17) is 15.2 Å². The van der Waals surface area contributed by atoms with Crippen LogP contribution in [0.3, 0.4) is 0 Å². The highest BCUT2D eigenvalue weighted by Gasteiger charge is 2.63. The Hall–Kier alpha value is -5.02. The molecule has 1 aromatic carbocycles. The van der Waals surface area contributed by atoms with Gasteiger partial charge in [0.25, 0.3) is 5.91 Å². The maximum Gasteiger partial charge on any atom is 0.413 e. The van der Waals surface area contributed by atoms with E-state index in [9.17, 15) is 49.2 Å². The number of rotatable bonds is 9. The van der Waals surface area contributed by atoms with Gasteiger partial charge >= 0.3 is 12.1 Å². The molecule has 0 aromatic heterocycles. The predicted octanol–water partition coefficient (Wildman–Crippen LogP) is 1.47. The van der Waals surface area contributed by atoms with Gasteiger partial charge in [-0.2, -0.15) is 0 Å². The van der Waals surface area contributed by atoms with Crippen molar-refractivity contribution in [1.29, 1.82) is 0 Å². The van der Waals surface area contributed by atoms with Crippen LogP contribution in [0.4, 0.5) is 4.79 Å². The lowest BCUT2D eigenvalue weighted by molar-refractivity contribution is -0.161. The Bertz CT molecular complexity index is 1680. The van der Waals surface area contributed by atoms with Crippen LogP contribution in [0.15, 0.2) is 47.5 Å². The van der Waals surface area contributed by atoms with Crippen LogP contribution in [0.1, 0.15) is 53.5 Å². The number of ether oxygens (including phenoxy) is 2. The van der Waals surface area contributed by atoms with E-state index in [0.29, 0.717) is 0 Å². The molecule has 0 radical (unpaired) electrons. The van der Waals surface area contributed by atoms with Gasteiger partial charge in [-0.05, 0) is 71.3 Å². The van der Waals surface area contributed by atoms with Gasteiger partial charge in [0.05, 0.1) is 23.6 Å². The molecule has 2 amide bonds. The van der Waals surface area contributed by atoms with Crippen LogP contribution in [0.2, 0.25) is 0 Å². The van der Waals surface area contributed by atoms with Crippen LogP contribution in [-0.2, 0) is 30.3 Å². The molecule has 1 aromatic rings. The number of phenols is 1. The molecule has 0 heterocycles. The predicted molar refractivity (Wildman–Crippen MR) is 167 cm³/mol. The largest absolute Gasteiger partial charge is 0.510 e. The number of primary amides is 1. The quantitative estimate of drug-likeness (QED) is 0.0825. The van der Waals surface area contributed by atoms with Crippen LogP contribution >= 0.6 is 0 Å². The van der Waals surface area contributed by atoms with Crippen molar-refractivity contribution >= 4 is 35.3 Å². The Balaban J connectivity index is 1.70. The molecule has 48 heavy (non-hydrogen) atoms. The average molecular weight is 670 g/mol. The third kappa shape index (κ3) is 5.94. The number of phenolic OH excluding ortho intramolecular Hbond substituents is 1. The normalized spacial score (nSPS) is 23.6. The zero-order chi connectivity index (χ0) is 36.0. The van der Waals surface area contributed by atoms with E-state index in [1.54, 1.807) is 20.8 Å². The minimum atomic E-state index is -2.81. The lowest BCUT2D eigenvalue weighted by atomic mass is 9.58. The minimum absolute atomic E-state index is 0.0285. The molecule has 4 atom stereocenters. The Morgan fingerprint density at radius 2 is 1.75 bits per heavy atom. The molecular weight excluding hydrogens is 630 g/mol. The van der Waals surface area contributed by atoms with Crippen molar-refractivity contribution in [1.82, 2.24) is 9.80 Å². The number of aliphatic hydroxyl groups is 3. The van der Waals surface area contributed by atoms with Crippen LogP contribution in [-0.4, -0.2) is 111 Å². The number of carbonyl (C=O) groups is 6. The van der Waals surface area contributed by atoms with E-state index in [2.05, 4.69) is 6.58 Å². The Morgan fingerprint density at radius 3 is 2.31 bits per heavy atom. The van der Waals surface area contributed by atoms with E-state index >= 15 is 0 Å². The molecule has 0 bridgehead atoms. The molecule has 3 aliphatic carbocycles. The SMILES string of the molecule is C=CCN(CC(=O)c1ccc(O)c2c1C[C@H]1C[C@H]3[C@H](N(C)C)C(O)=C(C(N)=O)C(=O)[C@@]3(O)C(O)=C1C2=O)C(=O)OCOC(=O)C(C)(C)C. The highest BCUT2D eigenvalue weighted by Crippen LogP contribution is 2.52. The smallest absolute Gasteiger partial charge is 0.413 e. The van der Waals surface area contributed by atoms with Gasteiger partial charge in [0, 0.05) is 23.6 Å². The number of Topliss-reactive ketones (excluding diaryl/α,β-unsaturated/α-hetero) is 3. The maximum atomic E-state index is 13.9. The maximum absolute atomic E-state index is 13.9. The summed E-state index contributed by atoms with van der Waals surface area (Å²) in [6.45, 7) is 7.04. The number of amides is 2. The Labute approximate surface area is 275 Å². The summed E-state index contributed by atoms with van der Waals surface area (Å²) < 4.78 is 9.99. The number of hydrogen-bond acceptors (Lipinski definition) is 13. The van der Waals surface area contributed by atoms with Gasteiger partial charge in [-0.15, -0.1) is 6.58 Å². The topological polar surface area (TPSA) is 234 Å². The number of ketones is 3. The molecule has 258 valence electrons. The third-order valence-corrected chi connectivity index (χ3v) is 8.83. The molecule has 0 spiro atoms. The summed E-state index contributed by atoms with van der Waals surface area (Å²) in [4.78, 5) is 80.4. The van der Waals surface area contributed by atoms with Crippen molar-refractivity contribution in [2.24, 2.45) is 23.0 Å². The summed E-state index contributed by atoms with van der Waals surface area (Å²) >= 11 is 0. The fraction of sp³-hybridized carbons (Fsp3) is 0.455. The summed E-state index contributed by atoms with van der Waals surface area (Å²) in [6.07, 6.45) is 0.0557. The molecule has 6 N–H and O–H groups in total. The number of nitrogens with two attached hydrogens (primary N) is 1. The van der Waals surface area contributed by atoms with E-state index in [1.165, 1.54) is 31.1 Å². The van der Waals surface area contributed by atoms with Gasteiger partial charge in [0.15, 0.2) is 17.2 Å². The zero-order valence-corrected chi connectivity index (χ0v) is 27.2. The number of hydrogen-bond donors (Lipinski definition) is 5. The van der Waals surface area contributed by atoms with Gasteiger partial charge in [0.2, 0.25) is 12.6 Å². The zero-order valence-electron chi connectivity index (χ0n) is 27.2. The number of carbonyl (C=O) groups excluding carboxylic acids is 6. The monoisotopic (exact) mass is 669 g/mol. The second-order valence-corrected chi connectivity index (χ2v) is 13.3. The summed E-state index contributed by atoms with van der Waals surface area (Å²) in [5, 5.41) is 44.9. The standard InChI is InChI=1S/C33H39N3O12/c1-7-10-36(31(45)48-14-47-30(44)32(2,3)4)13-20(38)16-8-9-19(37)22-17(16)11-15-12-18-24(35(5)6)26(40)23(29(34)43)28(42)33(18,46)27(41)21(15)25(22)39/h7-9,15,18,24,37,40-41,46H,1,10-14H2,2-6H3,(H2,34,43)/t15-,18-,24-,33-/m0/s1. The molecule has 15 nitrogen and oxygen atoms in total. The molecule has 15 heteroatoms. The number of allylic oxidation sites excluding steroid dienone is 1. The van der Waals surface area contributed by atoms with Crippen LogP contribution < -0.4 is 5.73 Å². The second-order valence-electron chi connectivity index (χ2n) is 13.3. The molecule has 0 saturated heterocycles. The van der Waals surface area contributed by atoms with E-state index in [0.717, 1.165) is 11.0 Å². The van der Waals surface area contributed by atoms with Crippen molar-refractivity contribution in [3.63, 3.8) is 0 Å². The van der Waals surface area contributed by atoms with Gasteiger partial charge in [-0.25, -0.2) is 4.79 Å². The summed E-state index contributed by atoms with van der Waals surface area (Å²) in [5.41, 5.74) is 0.125. The summed E-state index contributed by atoms with van der Waals surface area (Å²) in [7, 11) is 3.02. The van der Waals surface area contributed by atoms with E-state index in [1.807, 2.05) is 0 Å². The lowest BCUT2D eigenvalue weighted by Gasteiger charge is -2.50. The number of esters is 1. The number of benzene rings is 1. The fourth-order valence-electron chi connectivity index (χ4n) is 6.57. The van der Waals surface area contributed by atoms with Crippen molar-refractivity contribution in [2.45, 2.75) is 45.3 Å². The van der Waals surface area contributed by atoms with Crippen molar-refractivity contribution < 1.29 is 58.7 Å². The fourth-order valence-corrected chi connectivity index (χ4v) is 6.57. The van der Waals surface area contributed by atoms with Gasteiger partial charge in [0.1, 0.15) is 22.8 Å². The van der Waals surface area contributed by atoms with Crippen LogP contribution in [0.5, 0.6) is 5.75 Å². The molecule has 0 aliphatic heterocycles. The highest BCUT2D eigenvalue weighted by molar-refractivity contribution is 6.25. The Morgan fingerprint density at radius 1 is 1.10 bits per heavy atom. The number of aromatic hydroxyl groups is 1. The molecule has 4 rings (SSSR count). The molecule has 0 fully saturated rings. The first-order chi connectivity index (χ1) is 22.3. The molecule has 0 saturated carbocycles. The lowest BCUT2D eigenvalue weighted by Crippen LogP contribution is -2.63. The first kappa shape index (κ1) is 35.8. The van der Waals surface area contributed by atoms with E-state index in [-0.39, 0.29) is 41.6 Å². The van der Waals surface area contributed by atoms with Crippen LogP contribution in [0.25, 0.3) is 0 Å². The highest BCUT2D eigenvalue weighted by atomic mass is 16.7. The van der Waals surface area contributed by atoms with E-state index < -0.39 is 100 Å². The molecule has 3 aliphatic rings. The summed E-state index contributed by atoms with van der Waals surface area (Å²) in [5.74, 6) is -9.37. The number of likely N-dealkylation sites (N-methyl/N-ethyl adjacent to an activating group) is 1. The van der Waals surface area contributed by atoms with Crippen LogP contribution in [0, 0.1) is 17.3 Å². The van der Waals surface area contributed by atoms with Crippen molar-refractivity contribution in [3.8, 4) is 5.75 Å². The average Bonchev–Trinajstić information content (AvgIpc) is 2.97. The van der Waals surface area contributed by atoms with Crippen molar-refractivity contribution in [3.05, 3.63) is 64.1 Å². The summed E-state index contributed by atoms with van der Waals surface area (Å²) in [6, 6.07) is 1.19. The Kier molecular flexibility index (Phi) is 9.61. The number of aliphatic hydroxyl groups excluding tert-OH is 2. The second kappa shape index (κ2) is 12.9. The third-order valence-electron chi connectivity index (χ3n) is 8.83.